The van der Waals surface area contributed by atoms with E-state index in [1.54, 1.807) is 16.7 Å². The van der Waals surface area contributed by atoms with Crippen LogP contribution in [0.25, 0.3) is 5.78 Å². The van der Waals surface area contributed by atoms with E-state index in [4.69, 9.17) is 11.6 Å². The second kappa shape index (κ2) is 2.81. The molecule has 0 unspecified atom stereocenters. The van der Waals surface area contributed by atoms with Crippen LogP contribution >= 0.6 is 11.6 Å². The average Bonchev–Trinajstić information content (AvgIpc) is 2.42. The lowest BCUT2D eigenvalue weighted by Gasteiger charge is -1.93. The first-order valence-corrected chi connectivity index (χ1v) is 4.06. The second-order valence-corrected chi connectivity index (χ2v) is 3.00. The lowest BCUT2D eigenvalue weighted by molar-refractivity contribution is 0.111. The molecule has 0 amide bonds. The lowest BCUT2D eigenvalue weighted by Crippen LogP contribution is -1.89. The molecule has 0 aliphatic heterocycles. The molecule has 0 spiro atoms. The molecule has 0 N–H and O–H groups in total. The number of carbonyl (C=O) groups excluding carboxylic acids is 1. The molecule has 0 fully saturated rings. The van der Waals surface area contributed by atoms with Gasteiger partial charge < -0.3 is 0 Å². The lowest BCUT2D eigenvalue weighted by atomic mass is 10.5. The maximum Gasteiger partial charge on any atom is 0.235 e. The largest absolute Gasteiger partial charge is 0.296 e. The minimum atomic E-state index is 0.222. The normalized spacial score (nSPS) is 10.6. The van der Waals surface area contributed by atoms with Crippen LogP contribution in [0.15, 0.2) is 12.3 Å². The quantitative estimate of drug-likeness (QED) is 0.648. The van der Waals surface area contributed by atoms with Gasteiger partial charge in [0, 0.05) is 11.9 Å². The molecule has 4 nitrogen and oxygen atoms in total. The molecule has 0 aromatic carbocycles. The van der Waals surface area contributed by atoms with Gasteiger partial charge in [-0.2, -0.15) is 0 Å². The van der Waals surface area contributed by atoms with Crippen LogP contribution < -0.4 is 0 Å². The fraction of sp³-hybridized carbons (Fsp3) is 0.125. The van der Waals surface area contributed by atoms with Crippen molar-refractivity contribution in [1.29, 1.82) is 0 Å². The van der Waals surface area contributed by atoms with Crippen LogP contribution in [-0.2, 0) is 0 Å². The van der Waals surface area contributed by atoms with Crippen molar-refractivity contribution in [2.75, 3.05) is 0 Å². The van der Waals surface area contributed by atoms with E-state index >= 15 is 0 Å². The fourth-order valence-corrected chi connectivity index (χ4v) is 1.30. The molecule has 0 bridgehead atoms. The van der Waals surface area contributed by atoms with Gasteiger partial charge in [0.25, 0.3) is 0 Å². The maximum absolute atomic E-state index is 10.5. The molecule has 13 heavy (non-hydrogen) atoms. The first kappa shape index (κ1) is 8.19. The predicted octanol–water partition coefficient (Wildman–Crippen LogP) is 1.50. The molecule has 0 saturated carbocycles. The van der Waals surface area contributed by atoms with Gasteiger partial charge in [-0.1, -0.05) is 11.6 Å². The highest BCUT2D eigenvalue weighted by molar-refractivity contribution is 6.32. The Kier molecular flexibility index (Phi) is 1.77. The molecular weight excluding hydrogens is 190 g/mol. The van der Waals surface area contributed by atoms with Crippen molar-refractivity contribution in [1.82, 2.24) is 14.4 Å². The van der Waals surface area contributed by atoms with Crippen molar-refractivity contribution >= 4 is 23.7 Å². The Bertz CT molecular complexity index is 477. The van der Waals surface area contributed by atoms with Gasteiger partial charge in [0.2, 0.25) is 5.78 Å². The Hall–Kier alpha value is -1.42. The molecule has 0 aliphatic rings. The van der Waals surface area contributed by atoms with Gasteiger partial charge in [0.1, 0.15) is 10.8 Å². The van der Waals surface area contributed by atoms with Crippen LogP contribution in [0.5, 0.6) is 0 Å². The minimum Gasteiger partial charge on any atom is -0.296 e. The highest BCUT2D eigenvalue weighted by atomic mass is 35.5. The summed E-state index contributed by atoms with van der Waals surface area (Å²) in [5.41, 5.74) is 1.06. The molecule has 2 heterocycles. The van der Waals surface area contributed by atoms with Crippen molar-refractivity contribution < 1.29 is 4.79 Å². The van der Waals surface area contributed by atoms with Gasteiger partial charge in [-0.25, -0.2) is 9.97 Å². The standard InChI is InChI=1S/C8H6ClN3O/c1-5-2-3-12-7(9)6(4-13)11-8(12)10-5/h2-4H,1H3. The van der Waals surface area contributed by atoms with E-state index in [2.05, 4.69) is 9.97 Å². The molecule has 0 aliphatic carbocycles. The van der Waals surface area contributed by atoms with E-state index in [-0.39, 0.29) is 5.69 Å². The zero-order chi connectivity index (χ0) is 9.42. The number of hydrogen-bond acceptors (Lipinski definition) is 3. The van der Waals surface area contributed by atoms with Crippen LogP contribution in [0, 0.1) is 6.92 Å². The van der Waals surface area contributed by atoms with E-state index in [9.17, 15) is 4.79 Å². The molecule has 2 rings (SSSR count). The number of aryl methyl sites for hydroxylation is 1. The van der Waals surface area contributed by atoms with Crippen molar-refractivity contribution in [2.45, 2.75) is 6.92 Å². The number of imidazole rings is 1. The summed E-state index contributed by atoms with van der Waals surface area (Å²) in [6.07, 6.45) is 2.35. The van der Waals surface area contributed by atoms with Crippen molar-refractivity contribution in [3.05, 3.63) is 28.8 Å². The molecule has 5 heteroatoms. The fourth-order valence-electron chi connectivity index (χ4n) is 1.08. The molecule has 0 atom stereocenters. The summed E-state index contributed by atoms with van der Waals surface area (Å²) in [5, 5.41) is 0.303. The second-order valence-electron chi connectivity index (χ2n) is 2.64. The van der Waals surface area contributed by atoms with E-state index in [0.717, 1.165) is 5.69 Å². The Balaban J connectivity index is 2.83. The summed E-state index contributed by atoms with van der Waals surface area (Å²) in [5.74, 6) is 0.451. The van der Waals surface area contributed by atoms with E-state index < -0.39 is 0 Å². The highest BCUT2D eigenvalue weighted by Crippen LogP contribution is 2.15. The third kappa shape index (κ3) is 1.19. The number of carbonyl (C=O) groups is 1. The van der Waals surface area contributed by atoms with E-state index in [1.165, 1.54) is 0 Å². The molecule has 2 aromatic heterocycles. The number of aromatic nitrogens is 3. The number of rotatable bonds is 1. The first-order valence-electron chi connectivity index (χ1n) is 3.69. The van der Waals surface area contributed by atoms with Crippen LogP contribution in [0.4, 0.5) is 0 Å². The maximum atomic E-state index is 10.5. The highest BCUT2D eigenvalue weighted by Gasteiger charge is 2.09. The summed E-state index contributed by atoms with van der Waals surface area (Å²) < 4.78 is 1.57. The third-order valence-electron chi connectivity index (χ3n) is 1.71. The summed E-state index contributed by atoms with van der Waals surface area (Å²) in [6.45, 7) is 1.85. The van der Waals surface area contributed by atoms with Gasteiger partial charge >= 0.3 is 0 Å². The number of fused-ring (bicyclic) bond motifs is 1. The van der Waals surface area contributed by atoms with Crippen LogP contribution in [0.3, 0.4) is 0 Å². The summed E-state index contributed by atoms with van der Waals surface area (Å²) in [7, 11) is 0. The van der Waals surface area contributed by atoms with Crippen LogP contribution in [0.2, 0.25) is 5.15 Å². The number of aldehydes is 1. The Morgan fingerprint density at radius 1 is 1.54 bits per heavy atom. The average molecular weight is 196 g/mol. The molecule has 0 radical (unpaired) electrons. The van der Waals surface area contributed by atoms with E-state index in [0.29, 0.717) is 17.2 Å². The Morgan fingerprint density at radius 2 is 2.31 bits per heavy atom. The zero-order valence-corrected chi connectivity index (χ0v) is 7.62. The SMILES string of the molecule is Cc1ccn2c(Cl)c(C=O)nc2n1. The summed E-state index contributed by atoms with van der Waals surface area (Å²) in [6, 6.07) is 1.80. The number of halogens is 1. The molecule has 2 aromatic rings. The van der Waals surface area contributed by atoms with E-state index in [1.807, 2.05) is 6.92 Å². The van der Waals surface area contributed by atoms with Gasteiger partial charge in [-0.15, -0.1) is 0 Å². The Labute approximate surface area is 79.2 Å². The zero-order valence-electron chi connectivity index (χ0n) is 6.86. The van der Waals surface area contributed by atoms with Crippen molar-refractivity contribution in [3.8, 4) is 0 Å². The topological polar surface area (TPSA) is 47.3 Å². The van der Waals surface area contributed by atoms with Crippen LogP contribution in [0.1, 0.15) is 16.2 Å². The molecule has 0 saturated heterocycles. The Morgan fingerprint density at radius 3 is 3.00 bits per heavy atom. The van der Waals surface area contributed by atoms with Crippen LogP contribution in [-0.4, -0.2) is 20.7 Å². The van der Waals surface area contributed by atoms with Crippen molar-refractivity contribution in [2.24, 2.45) is 0 Å². The molecular formula is C8H6ClN3O. The minimum absolute atomic E-state index is 0.222. The number of hydrogen-bond donors (Lipinski definition) is 0. The monoisotopic (exact) mass is 195 g/mol. The first-order chi connectivity index (χ1) is 6.22. The van der Waals surface area contributed by atoms with Crippen molar-refractivity contribution in [3.63, 3.8) is 0 Å². The predicted molar refractivity (Wildman–Crippen MR) is 48.1 cm³/mol. The summed E-state index contributed by atoms with van der Waals surface area (Å²) >= 11 is 5.84. The van der Waals surface area contributed by atoms with Gasteiger partial charge in [-0.3, -0.25) is 9.20 Å². The molecule has 66 valence electrons. The van der Waals surface area contributed by atoms with Gasteiger partial charge in [-0.05, 0) is 13.0 Å². The number of nitrogens with zero attached hydrogens (tertiary/aromatic N) is 3. The third-order valence-corrected chi connectivity index (χ3v) is 2.09. The van der Waals surface area contributed by atoms with Gasteiger partial charge in [0.05, 0.1) is 0 Å². The van der Waals surface area contributed by atoms with Gasteiger partial charge in [0.15, 0.2) is 6.29 Å². The smallest absolute Gasteiger partial charge is 0.235 e. The summed E-state index contributed by atoms with van der Waals surface area (Å²) in [4.78, 5) is 18.6.